The maximum atomic E-state index is 14.5. The number of aliphatic hydroxyl groups is 2. The van der Waals surface area contributed by atoms with Crippen molar-refractivity contribution in [2.75, 3.05) is 62.9 Å². The number of rotatable bonds is 50. The fraction of sp³-hybridized carbons (Fsp3) is 0.745. The van der Waals surface area contributed by atoms with Gasteiger partial charge in [-0.15, -0.1) is 0 Å². The van der Waals surface area contributed by atoms with Crippen molar-refractivity contribution in [3.63, 3.8) is 0 Å². The average Bonchev–Trinajstić information content (AvgIpc) is 0.797. The molecule has 1 aliphatic rings. The number of allylic oxidation sites excluding steroid dienone is 4. The van der Waals surface area contributed by atoms with Crippen molar-refractivity contribution in [3.8, 4) is 5.75 Å². The third-order valence-electron chi connectivity index (χ3n) is 25.0. The second-order valence-electron chi connectivity index (χ2n) is 40.6. The lowest BCUT2D eigenvalue weighted by Crippen LogP contribution is -2.63. The van der Waals surface area contributed by atoms with Crippen LogP contribution in [0.25, 0.3) is 0 Å². The molecule has 31 heteroatoms. The highest BCUT2D eigenvalue weighted by molar-refractivity contribution is 5.98. The number of benzene rings is 1. The number of phenols is 1. The van der Waals surface area contributed by atoms with Crippen LogP contribution in [0.2, 0.25) is 0 Å². The maximum absolute atomic E-state index is 14.5. The second-order valence-corrected chi connectivity index (χ2v) is 40.6. The number of phenolic OH excluding ortho intramolecular Hbond substituents is 1. The van der Waals surface area contributed by atoms with Crippen LogP contribution >= 0.6 is 0 Å². The molecular weight excluding hydrogens is 1690 g/mol. The molecule has 1 aromatic carbocycles. The number of carbonyl (C=O) groups is 14. The normalized spacial score (nSPS) is 16.2. The molecule has 0 spiro atoms. The molecule has 31 nitrogen and oxygen atoms in total. The minimum Gasteiger partial charge on any atom is -0.508 e. The lowest BCUT2D eigenvalue weighted by atomic mass is 9.91. The monoisotopic (exact) mass is 1870 g/mol. The maximum Gasteiger partial charge on any atom is 0.259 e. The zero-order chi connectivity index (χ0) is 103. The van der Waals surface area contributed by atoms with E-state index in [9.17, 15) is 82.4 Å². The van der Waals surface area contributed by atoms with Crippen LogP contribution in [0.3, 0.4) is 0 Å². The van der Waals surface area contributed by atoms with E-state index in [0.717, 1.165) is 24.0 Å². The predicted molar refractivity (Wildman–Crippen MR) is 528 cm³/mol. The Hall–Kier alpha value is -9.10. The molecule has 0 aromatic heterocycles. The van der Waals surface area contributed by atoms with Crippen molar-refractivity contribution in [3.05, 3.63) is 66.3 Å². The first kappa shape index (κ1) is 124. The fourth-order valence-electron chi connectivity index (χ4n) is 15.6. The van der Waals surface area contributed by atoms with Gasteiger partial charge >= 0.3 is 0 Å². The number of carbonyl (C=O) groups excluding carboxylic acids is 14. The van der Waals surface area contributed by atoms with E-state index in [2.05, 4.69) is 47.1 Å². The molecule has 1 saturated heterocycles. The van der Waals surface area contributed by atoms with Crippen LogP contribution in [0.5, 0.6) is 5.75 Å². The van der Waals surface area contributed by atoms with Gasteiger partial charge < -0.3 is 75.8 Å². The van der Waals surface area contributed by atoms with Crippen LogP contribution in [0.4, 0.5) is 0 Å². The van der Waals surface area contributed by atoms with E-state index < -0.39 is 126 Å². The molecule has 0 bridgehead atoms. The van der Waals surface area contributed by atoms with Gasteiger partial charge in [0.25, 0.3) is 5.91 Å². The summed E-state index contributed by atoms with van der Waals surface area (Å²) >= 11 is 0. The van der Waals surface area contributed by atoms with E-state index >= 15 is 0 Å². The Morgan fingerprint density at radius 3 is 1.19 bits per heavy atom. The Balaban J connectivity index is 0.00000200. The largest absolute Gasteiger partial charge is 0.508 e. The van der Waals surface area contributed by atoms with Crippen LogP contribution < -0.4 is 26.7 Å². The number of aliphatic hydroxyl groups excluding tert-OH is 2. The van der Waals surface area contributed by atoms with Crippen LogP contribution in [0, 0.1) is 71.0 Å². The highest BCUT2D eigenvalue weighted by atomic mass is 16.3. The van der Waals surface area contributed by atoms with Gasteiger partial charge in [0.05, 0.1) is 12.2 Å². The van der Waals surface area contributed by atoms with E-state index in [4.69, 9.17) is 0 Å². The van der Waals surface area contributed by atoms with Gasteiger partial charge in [-0.2, -0.15) is 0 Å². The quantitative estimate of drug-likeness (QED) is 0.0281. The van der Waals surface area contributed by atoms with Crippen molar-refractivity contribution in [2.24, 2.45) is 71.0 Å². The fourth-order valence-corrected chi connectivity index (χ4v) is 15.6. The van der Waals surface area contributed by atoms with E-state index in [-0.39, 0.29) is 131 Å². The number of nitrogens with zero attached hydrogens (tertiary/aromatic N) is 9. The summed E-state index contributed by atoms with van der Waals surface area (Å²) in [5, 5.41) is 46.1. The summed E-state index contributed by atoms with van der Waals surface area (Å²) in [5.74, 6) is -7.04. The summed E-state index contributed by atoms with van der Waals surface area (Å²) in [4.78, 5) is 200. The van der Waals surface area contributed by atoms with Gasteiger partial charge in [-0.1, -0.05) is 215 Å². The summed E-state index contributed by atoms with van der Waals surface area (Å²) in [5.41, 5.74) is 5.05. The molecule has 760 valence electrons. The Morgan fingerprint density at radius 2 is 0.850 bits per heavy atom. The number of amides is 13. The molecule has 15 atom stereocenters. The van der Waals surface area contributed by atoms with Crippen LogP contribution in [-0.4, -0.2) is 296 Å². The van der Waals surface area contributed by atoms with Gasteiger partial charge in [-0.05, 0) is 157 Å². The van der Waals surface area contributed by atoms with Gasteiger partial charge in [0.15, 0.2) is 0 Å². The predicted octanol–water partition coefficient (Wildman–Crippen LogP) is 11.0. The molecule has 2 rings (SSSR count). The molecule has 0 saturated carbocycles. The van der Waals surface area contributed by atoms with E-state index in [1.807, 2.05) is 128 Å². The van der Waals surface area contributed by atoms with E-state index in [1.165, 1.54) is 55.4 Å². The van der Waals surface area contributed by atoms with Crippen molar-refractivity contribution in [1.82, 2.24) is 70.9 Å². The Kier molecular flexibility index (Phi) is 55.6. The van der Waals surface area contributed by atoms with E-state index in [1.54, 1.807) is 152 Å². The molecule has 1 fully saturated rings. The number of Topliss-reactive ketones (excluding diaryl/α,β-unsaturated/α-hetero) is 1. The third-order valence-corrected chi connectivity index (χ3v) is 25.0. The van der Waals surface area contributed by atoms with Crippen LogP contribution in [0.15, 0.2) is 60.7 Å². The molecule has 8 N–H and O–H groups in total. The first-order valence-corrected chi connectivity index (χ1v) is 48.5. The first-order valence-electron chi connectivity index (χ1n) is 48.5. The molecule has 133 heavy (non-hydrogen) atoms. The highest BCUT2D eigenvalue weighted by Gasteiger charge is 2.47. The van der Waals surface area contributed by atoms with Crippen molar-refractivity contribution in [2.45, 2.75) is 362 Å². The molecular formula is C102H180N14O17. The Morgan fingerprint density at radius 1 is 0.451 bits per heavy atom. The second kappa shape index (κ2) is 59.7. The number of hydrazine groups is 1. The molecule has 0 radical (unpaired) electrons. The first-order chi connectivity index (χ1) is 61.5. The number of hydrogen-bond acceptors (Lipinski definition) is 18. The smallest absolute Gasteiger partial charge is 0.259 e. The standard InChI is InChI=1S/C40H73N5O7.C35H65N5O6.C27H42N4O4/c1-17-30(38(50)42(13)28(10)11)41-36(48)34(35(47)29(12)21-19-18-20-22-32(46)25(4)5)45(16)40(52)33(26(6)7)44(15)39(51)31(23-24(2)3)43(14)37(49)27(8)9;1-16-18-19-25(11)30(41)29(31(42)36-26(17-2)33(44)37(12)24(9)10)40(15)35(46)28(22(5)6)39(14)34(45)27(20-21(3)4)38(13)32(43)23(7)8;1-16(2)19(7)22-12-9-13-31(30-22)27(35)23(15-20-10-8-11-21(32)14-20)28-26(34)24(17(3)4)29-25(33)18(5)6/h18-19,24-31,33-35,47H,17,20-23H2,1-16H3,(H,41,48);16,18,21-30,41H,17,19-20H2,1-15H3,(H,36,42);8,10-11,14,16-18,22-24,30,32H,7,9,12-13,15H2,1-6H3,(H,28,34)(H,29,33)/b19-18+;18-16+;. The summed E-state index contributed by atoms with van der Waals surface area (Å²) in [7, 11) is 12.5. The summed E-state index contributed by atoms with van der Waals surface area (Å²) in [6.45, 7) is 58.5. The van der Waals surface area contributed by atoms with Crippen molar-refractivity contribution < 1.29 is 82.4 Å². The zero-order valence-electron chi connectivity index (χ0n) is 88.5. The van der Waals surface area contributed by atoms with Crippen LogP contribution in [-0.2, 0) is 73.5 Å². The molecule has 1 aliphatic heterocycles. The lowest BCUT2D eigenvalue weighted by Gasteiger charge is -2.41. The van der Waals surface area contributed by atoms with Crippen LogP contribution in [0.1, 0.15) is 271 Å². The van der Waals surface area contributed by atoms with Gasteiger partial charge in [0.1, 0.15) is 72.0 Å². The van der Waals surface area contributed by atoms with Crippen molar-refractivity contribution >= 4 is 82.6 Å². The Bertz CT molecular complexity index is 3950. The minimum absolute atomic E-state index is 0.0152. The number of aromatic hydroxyl groups is 1. The lowest BCUT2D eigenvalue weighted by molar-refractivity contribution is -0.156. The molecule has 0 aliphatic carbocycles. The van der Waals surface area contributed by atoms with Gasteiger partial charge in [0, 0.05) is 118 Å². The highest BCUT2D eigenvalue weighted by Crippen LogP contribution is 2.29. The molecule has 15 unspecified atom stereocenters. The number of likely N-dealkylation sites (N-methyl/N-ethyl adjacent to an activating group) is 8. The molecule has 1 aromatic rings. The van der Waals surface area contributed by atoms with Crippen molar-refractivity contribution in [1.29, 1.82) is 0 Å². The summed E-state index contributed by atoms with van der Waals surface area (Å²) in [6.07, 6.45) is 10.0. The zero-order valence-corrected chi connectivity index (χ0v) is 88.5. The Labute approximate surface area is 800 Å². The molecule has 1 heterocycles. The molecule has 13 amide bonds. The van der Waals surface area contributed by atoms with E-state index in [0.29, 0.717) is 57.9 Å². The van der Waals surface area contributed by atoms with Gasteiger partial charge in [0.2, 0.25) is 70.9 Å². The summed E-state index contributed by atoms with van der Waals surface area (Å²) in [6, 6.07) is -3.26. The SMILES string of the molecule is C/C=C/CC(C)C(O)C(C(=O)NC(CC)C(=O)N(C)C(C)C)N(C)C(=O)C(C(C)C)N(C)C(=O)C(CC(C)C)N(C)C(=O)C(C)C.C=C(C(C)C)C1CCCN(C(=O)C(Cc2cccc(O)c2)NC(=O)C(NC(=O)C(C)C)C(C)C)N1.CCC(NC(=O)C(C(O)C(C)C/C=C/CCC(=O)C(C)C)N(C)C(=O)C(C(C)C)N(C)C(=O)C(CC(C)C)N(C)C(=O)C(C)C)C(=O)N(C)C(C)C. The van der Waals surface area contributed by atoms with Gasteiger partial charge in [-0.25, -0.2) is 5.43 Å². The number of ketones is 1. The van der Waals surface area contributed by atoms with Gasteiger partial charge in [-0.3, -0.25) is 72.1 Å². The number of hydrogen-bond donors (Lipinski definition) is 8. The minimum atomic E-state index is -1.40. The number of nitrogens with one attached hydrogen (secondary N) is 5. The summed E-state index contributed by atoms with van der Waals surface area (Å²) < 4.78 is 0. The topological polar surface area (TPSA) is 389 Å². The third kappa shape index (κ3) is 38.9. The average molecular weight is 1870 g/mol.